The summed E-state index contributed by atoms with van der Waals surface area (Å²) in [4.78, 5) is 5.96. The molecule has 0 amide bonds. The van der Waals surface area contributed by atoms with Gasteiger partial charge in [0, 0.05) is 27.7 Å². The monoisotopic (exact) mass is 129 g/mol. The van der Waals surface area contributed by atoms with E-state index in [-0.39, 0.29) is 0 Å². The van der Waals surface area contributed by atoms with Crippen molar-refractivity contribution in [1.82, 2.24) is 10.2 Å². The molecule has 3 heteroatoms. The molecule has 0 aliphatic heterocycles. The lowest BCUT2D eigenvalue weighted by molar-refractivity contribution is 0.587. The fourth-order valence-corrected chi connectivity index (χ4v) is 0.595. The molecule has 0 spiro atoms. The normalized spacial score (nSPS) is 11.3. The van der Waals surface area contributed by atoms with Gasteiger partial charge in [0.2, 0.25) is 0 Å². The predicted octanol–water partition coefficient (Wildman–Crippen LogP) is 0.143. The maximum Gasteiger partial charge on any atom is 0.193 e. The minimum atomic E-state index is 0.921. The average Bonchev–Trinajstić information content (AvgIpc) is 1.82. The Kier molecular flexibility index (Phi) is 3.84. The SMILES string of the molecule is CCNC(=NC)N(C)C. The first kappa shape index (κ1) is 8.27. The Balaban J connectivity index is 3.70. The summed E-state index contributed by atoms with van der Waals surface area (Å²) >= 11 is 0. The van der Waals surface area contributed by atoms with E-state index < -0.39 is 0 Å². The third kappa shape index (κ3) is 2.95. The van der Waals surface area contributed by atoms with Crippen molar-refractivity contribution in [2.45, 2.75) is 6.92 Å². The van der Waals surface area contributed by atoms with Gasteiger partial charge in [-0.3, -0.25) is 4.99 Å². The van der Waals surface area contributed by atoms with Crippen LogP contribution in [0.25, 0.3) is 0 Å². The Bertz CT molecular complexity index is 96.5. The standard InChI is InChI=1S/C6H15N3/c1-5-8-6(7-2)9(3)4/h5H2,1-4H3,(H,7,8). The second-order valence-electron chi connectivity index (χ2n) is 1.97. The molecule has 0 saturated carbocycles. The van der Waals surface area contributed by atoms with Crippen molar-refractivity contribution in [2.75, 3.05) is 27.7 Å². The van der Waals surface area contributed by atoms with Gasteiger partial charge in [-0.1, -0.05) is 0 Å². The van der Waals surface area contributed by atoms with Gasteiger partial charge in [-0.25, -0.2) is 0 Å². The van der Waals surface area contributed by atoms with Gasteiger partial charge >= 0.3 is 0 Å². The Hall–Kier alpha value is -0.730. The summed E-state index contributed by atoms with van der Waals surface area (Å²) in [5.41, 5.74) is 0. The van der Waals surface area contributed by atoms with E-state index in [1.165, 1.54) is 0 Å². The molecule has 0 radical (unpaired) electrons. The number of aliphatic imine (C=N–C) groups is 1. The maximum absolute atomic E-state index is 4.01. The van der Waals surface area contributed by atoms with Crippen LogP contribution in [0.15, 0.2) is 4.99 Å². The van der Waals surface area contributed by atoms with Crippen molar-refractivity contribution >= 4 is 5.96 Å². The molecule has 54 valence electrons. The molecule has 0 atom stereocenters. The van der Waals surface area contributed by atoms with E-state index in [9.17, 15) is 0 Å². The third-order valence-corrected chi connectivity index (χ3v) is 0.970. The van der Waals surface area contributed by atoms with Crippen LogP contribution in [0, 0.1) is 0 Å². The molecule has 3 nitrogen and oxygen atoms in total. The highest BCUT2D eigenvalue weighted by atomic mass is 15.3. The van der Waals surface area contributed by atoms with Crippen LogP contribution in [0.5, 0.6) is 0 Å². The highest BCUT2D eigenvalue weighted by Gasteiger charge is 1.94. The number of guanidine groups is 1. The van der Waals surface area contributed by atoms with Gasteiger partial charge in [0.05, 0.1) is 0 Å². The van der Waals surface area contributed by atoms with Gasteiger partial charge in [0.15, 0.2) is 5.96 Å². The molecule has 0 heterocycles. The zero-order chi connectivity index (χ0) is 7.28. The van der Waals surface area contributed by atoms with Gasteiger partial charge in [-0.2, -0.15) is 0 Å². The lowest BCUT2D eigenvalue weighted by atomic mass is 10.7. The van der Waals surface area contributed by atoms with E-state index in [1.807, 2.05) is 19.0 Å². The molecule has 0 aromatic heterocycles. The summed E-state index contributed by atoms with van der Waals surface area (Å²) in [6.07, 6.45) is 0. The number of hydrogen-bond acceptors (Lipinski definition) is 1. The topological polar surface area (TPSA) is 27.6 Å². The highest BCUT2D eigenvalue weighted by molar-refractivity contribution is 5.79. The smallest absolute Gasteiger partial charge is 0.193 e. The fraction of sp³-hybridized carbons (Fsp3) is 0.833. The van der Waals surface area contributed by atoms with E-state index >= 15 is 0 Å². The molecular formula is C6H15N3. The van der Waals surface area contributed by atoms with Gasteiger partial charge in [-0.05, 0) is 6.92 Å². The number of nitrogens with zero attached hydrogens (tertiary/aromatic N) is 2. The van der Waals surface area contributed by atoms with E-state index in [4.69, 9.17) is 0 Å². The van der Waals surface area contributed by atoms with Gasteiger partial charge in [0.25, 0.3) is 0 Å². The van der Waals surface area contributed by atoms with Crippen molar-refractivity contribution in [2.24, 2.45) is 4.99 Å². The Labute approximate surface area is 56.8 Å². The van der Waals surface area contributed by atoms with Crippen LogP contribution in [0.3, 0.4) is 0 Å². The van der Waals surface area contributed by atoms with Crippen LogP contribution in [0.2, 0.25) is 0 Å². The van der Waals surface area contributed by atoms with E-state index in [1.54, 1.807) is 7.05 Å². The maximum atomic E-state index is 4.01. The van der Waals surface area contributed by atoms with Crippen molar-refractivity contribution in [3.8, 4) is 0 Å². The summed E-state index contributed by atoms with van der Waals surface area (Å²) in [5, 5.41) is 3.11. The molecule has 0 fully saturated rings. The molecule has 0 unspecified atom stereocenters. The van der Waals surface area contributed by atoms with E-state index in [0.29, 0.717) is 0 Å². The highest BCUT2D eigenvalue weighted by Crippen LogP contribution is 1.75. The van der Waals surface area contributed by atoms with Crippen LogP contribution in [0.1, 0.15) is 6.92 Å². The molecule has 9 heavy (non-hydrogen) atoms. The fourth-order valence-electron chi connectivity index (χ4n) is 0.595. The minimum absolute atomic E-state index is 0.921. The molecule has 0 aliphatic carbocycles. The van der Waals surface area contributed by atoms with Gasteiger partial charge in [-0.15, -0.1) is 0 Å². The number of hydrogen-bond donors (Lipinski definition) is 1. The summed E-state index contributed by atoms with van der Waals surface area (Å²) in [7, 11) is 5.70. The Morgan fingerprint density at radius 2 is 2.11 bits per heavy atom. The average molecular weight is 129 g/mol. The van der Waals surface area contributed by atoms with Crippen molar-refractivity contribution in [1.29, 1.82) is 0 Å². The van der Waals surface area contributed by atoms with Gasteiger partial charge in [0.1, 0.15) is 0 Å². The first-order valence-corrected chi connectivity index (χ1v) is 3.10. The van der Waals surface area contributed by atoms with Crippen molar-refractivity contribution < 1.29 is 0 Å². The largest absolute Gasteiger partial charge is 0.357 e. The molecule has 0 aromatic carbocycles. The zero-order valence-electron chi connectivity index (χ0n) is 6.60. The first-order chi connectivity index (χ1) is 4.22. The molecule has 0 aromatic rings. The van der Waals surface area contributed by atoms with Crippen LogP contribution in [0.4, 0.5) is 0 Å². The van der Waals surface area contributed by atoms with Crippen LogP contribution >= 0.6 is 0 Å². The number of rotatable bonds is 1. The molecule has 1 N–H and O–H groups in total. The van der Waals surface area contributed by atoms with Crippen LogP contribution in [-0.4, -0.2) is 38.5 Å². The van der Waals surface area contributed by atoms with E-state index in [2.05, 4.69) is 17.2 Å². The summed E-state index contributed by atoms with van der Waals surface area (Å²) < 4.78 is 0. The second kappa shape index (κ2) is 4.18. The van der Waals surface area contributed by atoms with Crippen molar-refractivity contribution in [3.63, 3.8) is 0 Å². The molecule has 0 bridgehead atoms. The summed E-state index contributed by atoms with van der Waals surface area (Å²) in [6.45, 7) is 2.97. The Morgan fingerprint density at radius 3 is 2.22 bits per heavy atom. The molecule has 0 rings (SSSR count). The Morgan fingerprint density at radius 1 is 1.56 bits per heavy atom. The summed E-state index contributed by atoms with van der Waals surface area (Å²) in [5.74, 6) is 0.928. The lowest BCUT2D eigenvalue weighted by Crippen LogP contribution is -2.35. The van der Waals surface area contributed by atoms with E-state index in [0.717, 1.165) is 12.5 Å². The molecular weight excluding hydrogens is 114 g/mol. The second-order valence-corrected chi connectivity index (χ2v) is 1.97. The molecule has 0 aliphatic rings. The van der Waals surface area contributed by atoms with Crippen molar-refractivity contribution in [3.05, 3.63) is 0 Å². The van der Waals surface area contributed by atoms with Crippen LogP contribution in [-0.2, 0) is 0 Å². The number of nitrogens with one attached hydrogen (secondary N) is 1. The summed E-state index contributed by atoms with van der Waals surface area (Å²) in [6, 6.07) is 0. The third-order valence-electron chi connectivity index (χ3n) is 0.970. The minimum Gasteiger partial charge on any atom is -0.357 e. The van der Waals surface area contributed by atoms with Crippen LogP contribution < -0.4 is 5.32 Å². The quantitative estimate of drug-likeness (QED) is 0.403. The zero-order valence-corrected chi connectivity index (χ0v) is 6.60. The lowest BCUT2D eigenvalue weighted by Gasteiger charge is -2.14. The van der Waals surface area contributed by atoms with Gasteiger partial charge < -0.3 is 10.2 Å². The first-order valence-electron chi connectivity index (χ1n) is 3.10. The predicted molar refractivity (Wildman–Crippen MR) is 40.7 cm³/mol. The molecule has 0 saturated heterocycles.